The molecule has 1 aromatic carbocycles. The van der Waals surface area contributed by atoms with E-state index in [1.807, 2.05) is 0 Å². The molecule has 6 heteroatoms. The first-order valence-electron chi connectivity index (χ1n) is 5.29. The normalized spacial score (nSPS) is 10.5. The molecule has 0 fully saturated rings. The zero-order chi connectivity index (χ0) is 12.3. The van der Waals surface area contributed by atoms with Crippen molar-refractivity contribution in [3.8, 4) is 0 Å². The maximum atomic E-state index is 12.9. The predicted molar refractivity (Wildman–Crippen MR) is 63.2 cm³/mol. The fourth-order valence-electron chi connectivity index (χ4n) is 1.48. The summed E-state index contributed by atoms with van der Waals surface area (Å²) >= 11 is 0. The summed E-state index contributed by atoms with van der Waals surface area (Å²) in [6.07, 6.45) is 0. The number of carbonyl (C=O) groups is 1. The molecule has 2 rings (SSSR count). The maximum Gasteiger partial charge on any atom is 0.216 e. The van der Waals surface area contributed by atoms with E-state index in [0.717, 1.165) is 0 Å². The van der Waals surface area contributed by atoms with E-state index in [2.05, 4.69) is 20.6 Å². The third kappa shape index (κ3) is 2.93. The molecule has 0 unspecified atom stereocenters. The summed E-state index contributed by atoms with van der Waals surface area (Å²) in [5, 5.41) is 5.66. The van der Waals surface area contributed by atoms with Gasteiger partial charge in [-0.3, -0.25) is 4.79 Å². The molecule has 3 N–H and O–H groups in total. The number of rotatable bonds is 4. The molecule has 1 amide bonds. The molecule has 2 aromatic rings. The number of aromatic nitrogens is 2. The van der Waals surface area contributed by atoms with Crippen molar-refractivity contribution in [1.29, 1.82) is 0 Å². The summed E-state index contributed by atoms with van der Waals surface area (Å²) in [4.78, 5) is 17.8. The number of aromatic amines is 1. The number of halogens is 1. The summed E-state index contributed by atoms with van der Waals surface area (Å²) in [5.41, 5.74) is 1.35. The van der Waals surface area contributed by atoms with Crippen LogP contribution in [0.4, 0.5) is 10.3 Å². The highest BCUT2D eigenvalue weighted by molar-refractivity contribution is 5.77. The first-order chi connectivity index (χ1) is 8.15. The second-order valence-electron chi connectivity index (χ2n) is 3.66. The van der Waals surface area contributed by atoms with Crippen molar-refractivity contribution in [1.82, 2.24) is 15.3 Å². The third-order valence-corrected chi connectivity index (χ3v) is 2.24. The molecule has 5 nitrogen and oxygen atoms in total. The number of hydrogen-bond acceptors (Lipinski definition) is 3. The van der Waals surface area contributed by atoms with Gasteiger partial charge in [-0.05, 0) is 18.2 Å². The summed E-state index contributed by atoms with van der Waals surface area (Å²) in [5.74, 6) is 0.195. The van der Waals surface area contributed by atoms with Crippen LogP contribution >= 0.6 is 0 Å². The average Bonchev–Trinajstić information content (AvgIpc) is 2.66. The van der Waals surface area contributed by atoms with E-state index in [1.165, 1.54) is 19.1 Å². The van der Waals surface area contributed by atoms with Gasteiger partial charge in [0.1, 0.15) is 5.82 Å². The number of hydrogen-bond donors (Lipinski definition) is 3. The Morgan fingerprint density at radius 3 is 3.06 bits per heavy atom. The molecule has 17 heavy (non-hydrogen) atoms. The van der Waals surface area contributed by atoms with Crippen LogP contribution in [0.5, 0.6) is 0 Å². The highest BCUT2D eigenvalue weighted by Gasteiger charge is 2.02. The van der Waals surface area contributed by atoms with E-state index in [-0.39, 0.29) is 11.7 Å². The predicted octanol–water partition coefficient (Wildman–Crippen LogP) is 1.25. The number of nitrogens with one attached hydrogen (secondary N) is 3. The van der Waals surface area contributed by atoms with Crippen molar-refractivity contribution >= 4 is 22.9 Å². The standard InChI is InChI=1S/C11H13FN4O/c1-7(17)13-4-5-14-11-15-9-3-2-8(12)6-10(9)16-11/h2-3,6H,4-5H2,1H3,(H,13,17)(H2,14,15,16). The lowest BCUT2D eigenvalue weighted by molar-refractivity contribution is -0.118. The van der Waals surface area contributed by atoms with Crippen LogP contribution in [-0.2, 0) is 4.79 Å². The number of imidazole rings is 1. The van der Waals surface area contributed by atoms with Gasteiger partial charge < -0.3 is 15.6 Å². The Kier molecular flexibility index (Phi) is 3.22. The number of H-pyrrole nitrogens is 1. The third-order valence-electron chi connectivity index (χ3n) is 2.24. The maximum absolute atomic E-state index is 12.9. The van der Waals surface area contributed by atoms with Crippen LogP contribution in [0.25, 0.3) is 11.0 Å². The van der Waals surface area contributed by atoms with Gasteiger partial charge in [0.15, 0.2) is 0 Å². The van der Waals surface area contributed by atoms with Crippen molar-refractivity contribution in [3.63, 3.8) is 0 Å². The first-order valence-corrected chi connectivity index (χ1v) is 5.29. The van der Waals surface area contributed by atoms with Gasteiger partial charge in [-0.25, -0.2) is 9.37 Å². The van der Waals surface area contributed by atoms with Crippen LogP contribution in [0.2, 0.25) is 0 Å². The summed E-state index contributed by atoms with van der Waals surface area (Å²) in [6.45, 7) is 2.53. The highest BCUT2D eigenvalue weighted by Crippen LogP contribution is 2.14. The van der Waals surface area contributed by atoms with Gasteiger partial charge in [0.25, 0.3) is 0 Å². The Labute approximate surface area is 97.4 Å². The van der Waals surface area contributed by atoms with Crippen LogP contribution in [0.15, 0.2) is 18.2 Å². The summed E-state index contributed by atoms with van der Waals surface area (Å²) in [6, 6.07) is 4.37. The molecule has 1 aromatic heterocycles. The highest BCUT2D eigenvalue weighted by atomic mass is 19.1. The molecule has 0 aliphatic carbocycles. The molecule has 0 atom stereocenters. The van der Waals surface area contributed by atoms with Crippen LogP contribution in [-0.4, -0.2) is 29.0 Å². The molecule has 0 aliphatic heterocycles. The molecule has 0 saturated carbocycles. The second-order valence-corrected chi connectivity index (χ2v) is 3.66. The summed E-state index contributed by atoms with van der Waals surface area (Å²) < 4.78 is 12.9. The summed E-state index contributed by atoms with van der Waals surface area (Å²) in [7, 11) is 0. The van der Waals surface area contributed by atoms with Gasteiger partial charge in [0.2, 0.25) is 11.9 Å². The molecule has 0 spiro atoms. The van der Waals surface area contributed by atoms with E-state index in [0.29, 0.717) is 30.1 Å². The molecule has 0 saturated heterocycles. The minimum absolute atomic E-state index is 0.0709. The van der Waals surface area contributed by atoms with Gasteiger partial charge in [0, 0.05) is 20.0 Å². The Hall–Kier alpha value is -2.11. The number of carbonyl (C=O) groups excluding carboxylic acids is 1. The average molecular weight is 236 g/mol. The Morgan fingerprint density at radius 2 is 2.29 bits per heavy atom. The van der Waals surface area contributed by atoms with E-state index in [1.54, 1.807) is 6.07 Å². The Morgan fingerprint density at radius 1 is 1.47 bits per heavy atom. The molecular formula is C11H13FN4O. The van der Waals surface area contributed by atoms with E-state index in [4.69, 9.17) is 0 Å². The van der Waals surface area contributed by atoms with Crippen molar-refractivity contribution in [3.05, 3.63) is 24.0 Å². The quantitative estimate of drug-likeness (QED) is 0.700. The molecule has 90 valence electrons. The molecule has 0 bridgehead atoms. The molecule has 0 radical (unpaired) electrons. The fraction of sp³-hybridized carbons (Fsp3) is 0.273. The lowest BCUT2D eigenvalue weighted by Crippen LogP contribution is -2.26. The monoisotopic (exact) mass is 236 g/mol. The lowest BCUT2D eigenvalue weighted by atomic mass is 10.3. The van der Waals surface area contributed by atoms with Gasteiger partial charge >= 0.3 is 0 Å². The number of fused-ring (bicyclic) bond motifs is 1. The second kappa shape index (κ2) is 4.82. The van der Waals surface area contributed by atoms with E-state index in [9.17, 15) is 9.18 Å². The van der Waals surface area contributed by atoms with E-state index < -0.39 is 0 Å². The van der Waals surface area contributed by atoms with Crippen molar-refractivity contribution < 1.29 is 9.18 Å². The first kappa shape index (κ1) is 11.4. The molecule has 1 heterocycles. The number of benzene rings is 1. The number of nitrogens with zero attached hydrogens (tertiary/aromatic N) is 1. The molecule has 0 aliphatic rings. The number of anilines is 1. The van der Waals surface area contributed by atoms with Crippen LogP contribution in [0.3, 0.4) is 0 Å². The number of amides is 1. The van der Waals surface area contributed by atoms with Crippen LogP contribution in [0.1, 0.15) is 6.92 Å². The van der Waals surface area contributed by atoms with Crippen molar-refractivity contribution in [2.24, 2.45) is 0 Å². The van der Waals surface area contributed by atoms with Gasteiger partial charge in [-0.2, -0.15) is 0 Å². The van der Waals surface area contributed by atoms with Crippen LogP contribution < -0.4 is 10.6 Å². The Bertz CT molecular complexity index is 537. The van der Waals surface area contributed by atoms with Crippen LogP contribution in [0, 0.1) is 5.82 Å². The smallest absolute Gasteiger partial charge is 0.216 e. The zero-order valence-corrected chi connectivity index (χ0v) is 9.38. The molecular weight excluding hydrogens is 223 g/mol. The van der Waals surface area contributed by atoms with Crippen molar-refractivity contribution in [2.75, 3.05) is 18.4 Å². The fourth-order valence-corrected chi connectivity index (χ4v) is 1.48. The Balaban J connectivity index is 1.97. The topological polar surface area (TPSA) is 69.8 Å². The van der Waals surface area contributed by atoms with Gasteiger partial charge in [-0.15, -0.1) is 0 Å². The minimum atomic E-state index is -0.300. The van der Waals surface area contributed by atoms with Gasteiger partial charge in [-0.1, -0.05) is 0 Å². The SMILES string of the molecule is CC(=O)NCCNc1nc2ccc(F)cc2[nH]1. The zero-order valence-electron chi connectivity index (χ0n) is 9.38. The lowest BCUT2D eigenvalue weighted by Gasteiger charge is -2.02. The van der Waals surface area contributed by atoms with E-state index >= 15 is 0 Å². The minimum Gasteiger partial charge on any atom is -0.355 e. The van der Waals surface area contributed by atoms with Crippen molar-refractivity contribution in [2.45, 2.75) is 6.92 Å². The largest absolute Gasteiger partial charge is 0.355 e. The van der Waals surface area contributed by atoms with Gasteiger partial charge in [0.05, 0.1) is 11.0 Å².